The second-order valence-corrected chi connectivity index (χ2v) is 5.90. The molecule has 1 fully saturated rings. The Balaban J connectivity index is 2.13. The fraction of sp³-hybridized carbons (Fsp3) is 0.467. The molecule has 5 nitrogen and oxygen atoms in total. The third-order valence-electron chi connectivity index (χ3n) is 3.92. The maximum absolute atomic E-state index is 13.5. The summed E-state index contributed by atoms with van der Waals surface area (Å²) in [6.07, 6.45) is 0.335. The number of likely N-dealkylation sites (tertiary alicyclic amines) is 1. The zero-order chi connectivity index (χ0) is 16.5. The Hall–Kier alpha value is -2.18. The van der Waals surface area contributed by atoms with E-state index in [-0.39, 0.29) is 24.3 Å². The molecule has 1 aliphatic heterocycles. The van der Waals surface area contributed by atoms with Crippen LogP contribution in [0.25, 0.3) is 0 Å². The van der Waals surface area contributed by atoms with Gasteiger partial charge in [-0.25, -0.2) is 13.6 Å². The van der Waals surface area contributed by atoms with Crippen LogP contribution >= 0.6 is 0 Å². The molecule has 2 N–H and O–H groups in total. The number of halogens is 2. The van der Waals surface area contributed by atoms with E-state index in [1.807, 2.05) is 0 Å². The number of rotatable bonds is 3. The number of alkyl halides is 2. The number of carboxylic acid groups (broad SMARTS) is 1. The highest BCUT2D eigenvalue weighted by atomic mass is 19.3. The fourth-order valence-corrected chi connectivity index (χ4v) is 2.48. The molecule has 0 radical (unpaired) electrons. The van der Waals surface area contributed by atoms with Gasteiger partial charge in [0.15, 0.2) is 0 Å². The van der Waals surface area contributed by atoms with Crippen LogP contribution in [0.5, 0.6) is 0 Å². The van der Waals surface area contributed by atoms with Gasteiger partial charge in [0.1, 0.15) is 0 Å². The molecule has 0 aliphatic carbocycles. The Morgan fingerprint density at radius 1 is 1.36 bits per heavy atom. The molecule has 1 atom stereocenters. The number of nitrogens with zero attached hydrogens (tertiary/aromatic N) is 1. The van der Waals surface area contributed by atoms with E-state index in [1.165, 1.54) is 23.1 Å². The minimum absolute atomic E-state index is 0.0314. The van der Waals surface area contributed by atoms with Crippen molar-refractivity contribution in [2.75, 3.05) is 18.4 Å². The second kappa shape index (κ2) is 5.55. The van der Waals surface area contributed by atoms with Crippen LogP contribution < -0.4 is 5.32 Å². The van der Waals surface area contributed by atoms with E-state index >= 15 is 0 Å². The monoisotopic (exact) mass is 312 g/mol. The van der Waals surface area contributed by atoms with Gasteiger partial charge in [0.2, 0.25) is 0 Å². The molecule has 1 aromatic carbocycles. The summed E-state index contributed by atoms with van der Waals surface area (Å²) >= 11 is 0. The number of carboxylic acids is 1. The number of amides is 2. The SMILES string of the molecule is CC1(C(=O)O)CCN(C(=O)Nc2ccccc2C(C)(F)F)C1. The van der Waals surface area contributed by atoms with Gasteiger partial charge in [0.05, 0.1) is 11.1 Å². The molecule has 1 saturated heterocycles. The second-order valence-electron chi connectivity index (χ2n) is 5.90. The van der Waals surface area contributed by atoms with Crippen LogP contribution in [-0.2, 0) is 10.7 Å². The highest BCUT2D eigenvalue weighted by Gasteiger charge is 2.42. The first-order valence-corrected chi connectivity index (χ1v) is 6.90. The zero-order valence-corrected chi connectivity index (χ0v) is 12.4. The van der Waals surface area contributed by atoms with Crippen molar-refractivity contribution in [2.45, 2.75) is 26.2 Å². The van der Waals surface area contributed by atoms with Crippen LogP contribution in [0, 0.1) is 5.41 Å². The number of para-hydroxylation sites is 1. The van der Waals surface area contributed by atoms with Crippen LogP contribution in [0.1, 0.15) is 25.8 Å². The summed E-state index contributed by atoms with van der Waals surface area (Å²) in [7, 11) is 0. The van der Waals surface area contributed by atoms with Gasteiger partial charge >= 0.3 is 12.0 Å². The average molecular weight is 312 g/mol. The number of carbonyl (C=O) groups is 2. The van der Waals surface area contributed by atoms with Crippen LogP contribution in [0.2, 0.25) is 0 Å². The lowest BCUT2D eigenvalue weighted by Crippen LogP contribution is -2.37. The van der Waals surface area contributed by atoms with Crippen molar-refractivity contribution >= 4 is 17.7 Å². The molecule has 0 aromatic heterocycles. The van der Waals surface area contributed by atoms with Gasteiger partial charge in [-0.15, -0.1) is 0 Å². The van der Waals surface area contributed by atoms with Gasteiger partial charge in [-0.3, -0.25) is 4.79 Å². The fourth-order valence-electron chi connectivity index (χ4n) is 2.48. The maximum Gasteiger partial charge on any atom is 0.321 e. The minimum Gasteiger partial charge on any atom is -0.481 e. The molecule has 0 bridgehead atoms. The first-order valence-electron chi connectivity index (χ1n) is 6.90. The Labute approximate surface area is 126 Å². The summed E-state index contributed by atoms with van der Waals surface area (Å²) in [4.78, 5) is 24.7. The first-order chi connectivity index (χ1) is 10.1. The maximum atomic E-state index is 13.5. The van der Waals surface area contributed by atoms with Gasteiger partial charge in [0, 0.05) is 25.6 Å². The largest absolute Gasteiger partial charge is 0.481 e. The van der Waals surface area contributed by atoms with Crippen LogP contribution in [0.15, 0.2) is 24.3 Å². The molecule has 7 heteroatoms. The average Bonchev–Trinajstić information content (AvgIpc) is 2.82. The molecule has 1 unspecified atom stereocenters. The van der Waals surface area contributed by atoms with Crippen molar-refractivity contribution in [3.05, 3.63) is 29.8 Å². The van der Waals surface area contributed by atoms with E-state index < -0.39 is 23.3 Å². The molecule has 1 aliphatic rings. The first kappa shape index (κ1) is 16.2. The van der Waals surface area contributed by atoms with E-state index in [0.717, 1.165) is 6.92 Å². The lowest BCUT2D eigenvalue weighted by molar-refractivity contribution is -0.146. The Bertz CT molecular complexity index is 601. The lowest BCUT2D eigenvalue weighted by atomic mass is 9.90. The number of nitrogens with one attached hydrogen (secondary N) is 1. The molecule has 0 spiro atoms. The highest BCUT2D eigenvalue weighted by molar-refractivity contribution is 5.91. The van der Waals surface area contributed by atoms with Gasteiger partial charge in [0.25, 0.3) is 5.92 Å². The molecule has 0 saturated carbocycles. The summed E-state index contributed by atoms with van der Waals surface area (Å²) in [5.74, 6) is -4.05. The summed E-state index contributed by atoms with van der Waals surface area (Å²) in [5, 5.41) is 11.6. The molecule has 2 amide bonds. The predicted molar refractivity (Wildman–Crippen MR) is 77.0 cm³/mol. The van der Waals surface area contributed by atoms with Crippen molar-refractivity contribution in [3.8, 4) is 0 Å². The number of hydrogen-bond acceptors (Lipinski definition) is 2. The number of hydrogen-bond donors (Lipinski definition) is 2. The molecule has 120 valence electrons. The van der Waals surface area contributed by atoms with Gasteiger partial charge in [-0.2, -0.15) is 0 Å². The summed E-state index contributed by atoms with van der Waals surface area (Å²) in [6.45, 7) is 2.66. The van der Waals surface area contributed by atoms with E-state index in [2.05, 4.69) is 5.32 Å². The number of benzene rings is 1. The molecular formula is C15H18F2N2O3. The topological polar surface area (TPSA) is 69.6 Å². The third-order valence-corrected chi connectivity index (χ3v) is 3.92. The van der Waals surface area contributed by atoms with Crippen molar-refractivity contribution in [2.24, 2.45) is 5.41 Å². The molecule has 1 aromatic rings. The quantitative estimate of drug-likeness (QED) is 0.901. The Morgan fingerprint density at radius 2 is 2.00 bits per heavy atom. The summed E-state index contributed by atoms with van der Waals surface area (Å²) < 4.78 is 27.1. The minimum atomic E-state index is -3.08. The van der Waals surface area contributed by atoms with Crippen LogP contribution in [0.3, 0.4) is 0 Å². The van der Waals surface area contributed by atoms with E-state index in [0.29, 0.717) is 6.42 Å². The smallest absolute Gasteiger partial charge is 0.321 e. The lowest BCUT2D eigenvalue weighted by Gasteiger charge is -2.22. The Kier molecular flexibility index (Phi) is 4.08. The third kappa shape index (κ3) is 3.18. The normalized spacial score (nSPS) is 21.7. The number of anilines is 1. The molecule has 22 heavy (non-hydrogen) atoms. The molecule has 2 rings (SSSR count). The van der Waals surface area contributed by atoms with E-state index in [4.69, 9.17) is 5.11 Å². The standard InChI is InChI=1S/C15H18F2N2O3/c1-14(12(20)21)7-8-19(9-14)13(22)18-11-6-4-3-5-10(11)15(2,16)17/h3-6H,7-9H2,1-2H3,(H,18,22)(H,20,21). The van der Waals surface area contributed by atoms with Gasteiger partial charge in [-0.1, -0.05) is 18.2 Å². The number of carbonyl (C=O) groups excluding carboxylic acids is 1. The van der Waals surface area contributed by atoms with Crippen molar-refractivity contribution < 1.29 is 23.5 Å². The van der Waals surface area contributed by atoms with Gasteiger partial charge in [-0.05, 0) is 19.4 Å². The van der Waals surface area contributed by atoms with Crippen LogP contribution in [-0.4, -0.2) is 35.1 Å². The predicted octanol–water partition coefficient (Wildman–Crippen LogP) is 3.13. The number of aliphatic carboxylic acids is 1. The summed E-state index contributed by atoms with van der Waals surface area (Å²) in [6, 6.07) is 5.11. The van der Waals surface area contributed by atoms with Crippen molar-refractivity contribution in [1.82, 2.24) is 4.90 Å². The highest BCUT2D eigenvalue weighted by Crippen LogP contribution is 2.34. The van der Waals surface area contributed by atoms with Crippen molar-refractivity contribution in [1.29, 1.82) is 0 Å². The van der Waals surface area contributed by atoms with Crippen LogP contribution in [0.4, 0.5) is 19.3 Å². The molecular weight excluding hydrogens is 294 g/mol. The molecule has 1 heterocycles. The van der Waals surface area contributed by atoms with E-state index in [9.17, 15) is 18.4 Å². The van der Waals surface area contributed by atoms with Crippen molar-refractivity contribution in [3.63, 3.8) is 0 Å². The Morgan fingerprint density at radius 3 is 2.55 bits per heavy atom. The number of urea groups is 1. The van der Waals surface area contributed by atoms with Gasteiger partial charge < -0.3 is 15.3 Å². The summed E-state index contributed by atoms with van der Waals surface area (Å²) in [5.41, 5.74) is -1.24. The zero-order valence-electron chi connectivity index (χ0n) is 12.4. The van der Waals surface area contributed by atoms with E-state index in [1.54, 1.807) is 13.0 Å².